The van der Waals surface area contributed by atoms with E-state index in [4.69, 9.17) is 0 Å². The smallest absolute Gasteiger partial charge is 0.272 e. The number of aromatic nitrogens is 3. The first-order valence-corrected chi connectivity index (χ1v) is 6.84. The molecule has 0 aliphatic carbocycles. The summed E-state index contributed by atoms with van der Waals surface area (Å²) < 4.78 is 1.63. The number of nitro groups is 1. The Morgan fingerprint density at radius 2 is 2.19 bits per heavy atom. The quantitative estimate of drug-likeness (QED) is 0.651. The molecule has 2 rings (SSSR count). The maximum absolute atomic E-state index is 10.8. The highest BCUT2D eigenvalue weighted by Crippen LogP contribution is 2.20. The Kier molecular flexibility index (Phi) is 4.64. The molecule has 0 saturated heterocycles. The summed E-state index contributed by atoms with van der Waals surface area (Å²) in [5, 5.41) is 22.3. The Morgan fingerprint density at radius 1 is 1.43 bits per heavy atom. The van der Waals surface area contributed by atoms with Gasteiger partial charge in [-0.15, -0.1) is 5.10 Å². The molecule has 0 radical (unpaired) electrons. The minimum Gasteiger partial charge on any atom is -0.311 e. The zero-order chi connectivity index (χ0) is 15.4. The number of rotatable bonds is 6. The standard InChI is InChI=1S/C14H19N5O2/c1-10(2)7-15-8-12-9-18(17-16-12)13-4-5-14(19(20)21)11(3)6-13/h4-6,9-10,15H,7-8H2,1-3H3. The third-order valence-electron chi connectivity index (χ3n) is 3.04. The van der Waals surface area contributed by atoms with Gasteiger partial charge < -0.3 is 5.32 Å². The Morgan fingerprint density at radius 3 is 2.81 bits per heavy atom. The summed E-state index contributed by atoms with van der Waals surface area (Å²) in [5.74, 6) is 0.581. The molecular formula is C14H19N5O2. The van der Waals surface area contributed by atoms with Crippen molar-refractivity contribution in [3.05, 3.63) is 45.8 Å². The molecule has 1 aromatic heterocycles. The van der Waals surface area contributed by atoms with Gasteiger partial charge in [0.2, 0.25) is 0 Å². The van der Waals surface area contributed by atoms with Gasteiger partial charge in [-0.2, -0.15) is 0 Å². The molecule has 0 aliphatic rings. The first-order valence-electron chi connectivity index (χ1n) is 6.84. The number of nitrogens with zero attached hydrogens (tertiary/aromatic N) is 4. The van der Waals surface area contributed by atoms with Crippen LogP contribution in [-0.2, 0) is 6.54 Å². The highest BCUT2D eigenvalue weighted by Gasteiger charge is 2.11. The normalized spacial score (nSPS) is 11.0. The van der Waals surface area contributed by atoms with Crippen molar-refractivity contribution in [1.29, 1.82) is 0 Å². The van der Waals surface area contributed by atoms with Gasteiger partial charge in [-0.3, -0.25) is 10.1 Å². The molecule has 1 heterocycles. The Balaban J connectivity index is 2.10. The van der Waals surface area contributed by atoms with E-state index in [1.165, 1.54) is 6.07 Å². The van der Waals surface area contributed by atoms with Crippen LogP contribution in [0.25, 0.3) is 5.69 Å². The molecule has 0 spiro atoms. The summed E-state index contributed by atoms with van der Waals surface area (Å²) in [4.78, 5) is 10.4. The van der Waals surface area contributed by atoms with Gasteiger partial charge in [-0.1, -0.05) is 19.1 Å². The van der Waals surface area contributed by atoms with Crippen LogP contribution in [0.2, 0.25) is 0 Å². The van der Waals surface area contributed by atoms with Crippen LogP contribution < -0.4 is 5.32 Å². The number of hydrogen-bond acceptors (Lipinski definition) is 5. The molecule has 7 heteroatoms. The minimum absolute atomic E-state index is 0.109. The maximum Gasteiger partial charge on any atom is 0.272 e. The lowest BCUT2D eigenvalue weighted by Crippen LogP contribution is -2.19. The van der Waals surface area contributed by atoms with E-state index in [1.54, 1.807) is 23.7 Å². The third-order valence-corrected chi connectivity index (χ3v) is 3.04. The number of aryl methyl sites for hydroxylation is 1. The van der Waals surface area contributed by atoms with Gasteiger partial charge in [-0.05, 0) is 31.5 Å². The van der Waals surface area contributed by atoms with E-state index >= 15 is 0 Å². The van der Waals surface area contributed by atoms with Crippen molar-refractivity contribution in [2.45, 2.75) is 27.3 Å². The molecule has 0 bridgehead atoms. The summed E-state index contributed by atoms with van der Waals surface area (Å²) in [6, 6.07) is 4.90. The minimum atomic E-state index is -0.387. The fraction of sp³-hybridized carbons (Fsp3) is 0.429. The summed E-state index contributed by atoms with van der Waals surface area (Å²) in [5.41, 5.74) is 2.32. The molecule has 0 fully saturated rings. The first kappa shape index (κ1) is 15.1. The predicted molar refractivity (Wildman–Crippen MR) is 79.3 cm³/mol. The van der Waals surface area contributed by atoms with Crippen LogP contribution in [-0.4, -0.2) is 26.5 Å². The second-order valence-corrected chi connectivity index (χ2v) is 5.41. The highest BCUT2D eigenvalue weighted by atomic mass is 16.6. The van der Waals surface area contributed by atoms with Crippen molar-refractivity contribution < 1.29 is 4.92 Å². The SMILES string of the molecule is Cc1cc(-n2cc(CNCC(C)C)nn2)ccc1[N+](=O)[O-]. The topological polar surface area (TPSA) is 85.9 Å². The lowest BCUT2D eigenvalue weighted by Gasteiger charge is -2.04. The van der Waals surface area contributed by atoms with Crippen LogP contribution in [0.1, 0.15) is 25.1 Å². The molecule has 112 valence electrons. The van der Waals surface area contributed by atoms with E-state index < -0.39 is 0 Å². The molecule has 0 amide bonds. The van der Waals surface area contributed by atoms with Crippen LogP contribution >= 0.6 is 0 Å². The van der Waals surface area contributed by atoms with Crippen molar-refractivity contribution in [2.75, 3.05) is 6.54 Å². The molecule has 0 unspecified atom stereocenters. The molecule has 2 aromatic rings. The molecule has 0 saturated carbocycles. The first-order chi connectivity index (χ1) is 9.97. The maximum atomic E-state index is 10.8. The van der Waals surface area contributed by atoms with E-state index in [1.807, 2.05) is 6.20 Å². The summed E-state index contributed by atoms with van der Waals surface area (Å²) >= 11 is 0. The van der Waals surface area contributed by atoms with E-state index in [9.17, 15) is 10.1 Å². The Labute approximate surface area is 123 Å². The van der Waals surface area contributed by atoms with E-state index in [0.29, 0.717) is 18.0 Å². The molecular weight excluding hydrogens is 270 g/mol. The lowest BCUT2D eigenvalue weighted by molar-refractivity contribution is -0.385. The number of benzene rings is 1. The second-order valence-electron chi connectivity index (χ2n) is 5.41. The fourth-order valence-electron chi connectivity index (χ4n) is 1.98. The van der Waals surface area contributed by atoms with E-state index in [-0.39, 0.29) is 10.6 Å². The van der Waals surface area contributed by atoms with Crippen LogP contribution in [0.15, 0.2) is 24.4 Å². The van der Waals surface area contributed by atoms with E-state index in [0.717, 1.165) is 17.9 Å². The van der Waals surface area contributed by atoms with Crippen LogP contribution in [0, 0.1) is 23.0 Å². The summed E-state index contributed by atoms with van der Waals surface area (Å²) in [6.07, 6.45) is 1.83. The van der Waals surface area contributed by atoms with Crippen molar-refractivity contribution >= 4 is 5.69 Å². The van der Waals surface area contributed by atoms with Crippen LogP contribution in [0.4, 0.5) is 5.69 Å². The van der Waals surface area contributed by atoms with Gasteiger partial charge in [0, 0.05) is 18.2 Å². The number of hydrogen-bond donors (Lipinski definition) is 1. The molecule has 21 heavy (non-hydrogen) atoms. The summed E-state index contributed by atoms with van der Waals surface area (Å²) in [7, 11) is 0. The van der Waals surface area contributed by atoms with Crippen molar-refractivity contribution in [3.8, 4) is 5.69 Å². The van der Waals surface area contributed by atoms with Gasteiger partial charge in [-0.25, -0.2) is 4.68 Å². The lowest BCUT2D eigenvalue weighted by atomic mass is 10.2. The molecule has 0 atom stereocenters. The monoisotopic (exact) mass is 289 g/mol. The van der Waals surface area contributed by atoms with Crippen LogP contribution in [0.3, 0.4) is 0 Å². The fourth-order valence-corrected chi connectivity index (χ4v) is 1.98. The zero-order valence-electron chi connectivity index (χ0n) is 12.4. The summed E-state index contributed by atoms with van der Waals surface area (Å²) in [6.45, 7) is 7.57. The van der Waals surface area contributed by atoms with Gasteiger partial charge in [0.15, 0.2) is 0 Å². The van der Waals surface area contributed by atoms with Gasteiger partial charge in [0.1, 0.15) is 0 Å². The van der Waals surface area contributed by atoms with Gasteiger partial charge in [0.05, 0.1) is 22.5 Å². The van der Waals surface area contributed by atoms with Crippen molar-refractivity contribution in [3.63, 3.8) is 0 Å². The Bertz CT molecular complexity index is 636. The average molecular weight is 289 g/mol. The number of nitrogens with one attached hydrogen (secondary N) is 1. The molecule has 0 aliphatic heterocycles. The molecule has 1 N–H and O–H groups in total. The Hall–Kier alpha value is -2.28. The van der Waals surface area contributed by atoms with Gasteiger partial charge in [0.25, 0.3) is 5.69 Å². The predicted octanol–water partition coefficient (Wildman–Crippen LogP) is 2.23. The van der Waals surface area contributed by atoms with Crippen molar-refractivity contribution in [2.24, 2.45) is 5.92 Å². The average Bonchev–Trinajstić information content (AvgIpc) is 2.86. The molecule has 7 nitrogen and oxygen atoms in total. The highest BCUT2D eigenvalue weighted by molar-refractivity contribution is 5.47. The van der Waals surface area contributed by atoms with Crippen molar-refractivity contribution in [1.82, 2.24) is 20.3 Å². The molecule has 1 aromatic carbocycles. The zero-order valence-corrected chi connectivity index (χ0v) is 12.4. The second kappa shape index (κ2) is 6.45. The number of nitro benzene ring substituents is 1. The third kappa shape index (κ3) is 3.85. The van der Waals surface area contributed by atoms with Gasteiger partial charge >= 0.3 is 0 Å². The van der Waals surface area contributed by atoms with Crippen LogP contribution in [0.5, 0.6) is 0 Å². The largest absolute Gasteiger partial charge is 0.311 e. The van der Waals surface area contributed by atoms with E-state index in [2.05, 4.69) is 29.5 Å².